The van der Waals surface area contributed by atoms with Crippen LogP contribution in [0.15, 0.2) is 0 Å². The molecular weight excluding hydrogens is 156 g/mol. The Hall–Kier alpha value is -0.570. The standard InChI is InChI=1S/C9H14O3/c10-8-4-5-1-2-6(8)3-7(5)9(11)12/h5-8,10H,1-4H2,(H,11,12)/t5-,6-,7-,8-/m1/s1. The van der Waals surface area contributed by atoms with Crippen LogP contribution in [-0.4, -0.2) is 22.3 Å². The summed E-state index contributed by atoms with van der Waals surface area (Å²) in [5.41, 5.74) is 0. The van der Waals surface area contributed by atoms with E-state index in [2.05, 4.69) is 0 Å². The molecule has 2 N–H and O–H groups in total. The van der Waals surface area contributed by atoms with Crippen molar-refractivity contribution in [1.82, 2.24) is 0 Å². The summed E-state index contributed by atoms with van der Waals surface area (Å²) in [6, 6.07) is 0. The third-order valence-corrected chi connectivity index (χ3v) is 3.44. The van der Waals surface area contributed by atoms with Crippen molar-refractivity contribution in [2.45, 2.75) is 31.8 Å². The highest BCUT2D eigenvalue weighted by atomic mass is 16.4. The van der Waals surface area contributed by atoms with Gasteiger partial charge in [-0.05, 0) is 37.5 Å². The summed E-state index contributed by atoms with van der Waals surface area (Å²) >= 11 is 0. The molecule has 0 heterocycles. The lowest BCUT2D eigenvalue weighted by atomic mass is 9.63. The van der Waals surface area contributed by atoms with Gasteiger partial charge < -0.3 is 10.2 Å². The van der Waals surface area contributed by atoms with Crippen molar-refractivity contribution in [1.29, 1.82) is 0 Å². The minimum atomic E-state index is -0.670. The molecule has 68 valence electrons. The molecule has 3 fully saturated rings. The lowest BCUT2D eigenvalue weighted by Gasteiger charge is -2.43. The van der Waals surface area contributed by atoms with Crippen molar-refractivity contribution < 1.29 is 15.0 Å². The number of hydrogen-bond donors (Lipinski definition) is 2. The Morgan fingerprint density at radius 2 is 1.83 bits per heavy atom. The van der Waals surface area contributed by atoms with Crippen LogP contribution in [0, 0.1) is 17.8 Å². The Kier molecular flexibility index (Phi) is 1.83. The fourth-order valence-electron chi connectivity index (χ4n) is 2.70. The van der Waals surface area contributed by atoms with E-state index in [9.17, 15) is 9.90 Å². The summed E-state index contributed by atoms with van der Waals surface area (Å²) in [6.07, 6.45) is 3.20. The summed E-state index contributed by atoms with van der Waals surface area (Å²) in [6.45, 7) is 0. The van der Waals surface area contributed by atoms with Crippen LogP contribution in [0.25, 0.3) is 0 Å². The quantitative estimate of drug-likeness (QED) is 0.614. The Morgan fingerprint density at radius 3 is 2.25 bits per heavy atom. The van der Waals surface area contributed by atoms with E-state index in [1.165, 1.54) is 0 Å². The van der Waals surface area contributed by atoms with E-state index >= 15 is 0 Å². The molecule has 0 radical (unpaired) electrons. The SMILES string of the molecule is O=C(O)[C@@H]1C[C@H]2CC[C@@H]1C[C@H]2O. The van der Waals surface area contributed by atoms with E-state index in [1.807, 2.05) is 0 Å². The van der Waals surface area contributed by atoms with Crippen molar-refractivity contribution in [2.24, 2.45) is 17.8 Å². The van der Waals surface area contributed by atoms with Crippen LogP contribution in [0.3, 0.4) is 0 Å². The zero-order valence-corrected chi connectivity index (χ0v) is 6.94. The van der Waals surface area contributed by atoms with Gasteiger partial charge in [0.15, 0.2) is 0 Å². The third kappa shape index (κ3) is 1.12. The molecule has 0 aromatic heterocycles. The van der Waals surface area contributed by atoms with Crippen molar-refractivity contribution in [3.8, 4) is 0 Å². The maximum atomic E-state index is 10.8. The first-order valence-corrected chi connectivity index (χ1v) is 4.59. The Bertz CT molecular complexity index is 202. The van der Waals surface area contributed by atoms with Crippen LogP contribution in [0.4, 0.5) is 0 Å². The van der Waals surface area contributed by atoms with Gasteiger partial charge in [-0.2, -0.15) is 0 Å². The zero-order valence-electron chi connectivity index (χ0n) is 6.94. The number of carboxylic acids is 1. The van der Waals surface area contributed by atoms with E-state index in [0.29, 0.717) is 12.8 Å². The number of aliphatic carboxylic acids is 1. The topological polar surface area (TPSA) is 57.5 Å². The number of aliphatic hydroxyl groups excluding tert-OH is 1. The minimum Gasteiger partial charge on any atom is -0.481 e. The molecule has 3 nitrogen and oxygen atoms in total. The number of aliphatic hydroxyl groups is 1. The maximum Gasteiger partial charge on any atom is 0.306 e. The molecule has 0 spiro atoms. The Morgan fingerprint density at radius 1 is 1.17 bits per heavy atom. The Balaban J connectivity index is 2.10. The maximum absolute atomic E-state index is 10.8. The highest BCUT2D eigenvalue weighted by molar-refractivity contribution is 5.70. The number of rotatable bonds is 1. The van der Waals surface area contributed by atoms with Crippen LogP contribution in [0.1, 0.15) is 25.7 Å². The molecule has 0 aromatic rings. The first kappa shape index (κ1) is 8.05. The summed E-state index contributed by atoms with van der Waals surface area (Å²) < 4.78 is 0. The number of fused-ring (bicyclic) bond motifs is 3. The average Bonchev–Trinajstić information content (AvgIpc) is 2.04. The van der Waals surface area contributed by atoms with Gasteiger partial charge >= 0.3 is 5.97 Å². The van der Waals surface area contributed by atoms with E-state index in [0.717, 1.165) is 12.8 Å². The van der Waals surface area contributed by atoms with Gasteiger partial charge in [0, 0.05) is 0 Å². The second-order valence-corrected chi connectivity index (χ2v) is 4.08. The molecule has 3 rings (SSSR count). The molecule has 0 saturated heterocycles. The van der Waals surface area contributed by atoms with Crippen LogP contribution in [0.2, 0.25) is 0 Å². The van der Waals surface area contributed by atoms with Gasteiger partial charge in [-0.1, -0.05) is 0 Å². The van der Waals surface area contributed by atoms with E-state index in [1.54, 1.807) is 0 Å². The zero-order chi connectivity index (χ0) is 8.72. The molecule has 0 aliphatic heterocycles. The molecule has 3 aliphatic carbocycles. The van der Waals surface area contributed by atoms with Gasteiger partial charge in [0.05, 0.1) is 12.0 Å². The predicted octanol–water partition coefficient (Wildman–Crippen LogP) is 0.868. The van der Waals surface area contributed by atoms with Crippen molar-refractivity contribution in [3.05, 3.63) is 0 Å². The van der Waals surface area contributed by atoms with Crippen LogP contribution in [0.5, 0.6) is 0 Å². The highest BCUT2D eigenvalue weighted by Crippen LogP contribution is 2.45. The van der Waals surface area contributed by atoms with E-state index in [-0.39, 0.29) is 23.9 Å². The summed E-state index contributed by atoms with van der Waals surface area (Å²) in [5.74, 6) is -0.345. The minimum absolute atomic E-state index is 0.174. The fourth-order valence-corrected chi connectivity index (χ4v) is 2.70. The summed E-state index contributed by atoms with van der Waals surface area (Å²) in [7, 11) is 0. The van der Waals surface area contributed by atoms with E-state index < -0.39 is 5.97 Å². The first-order chi connectivity index (χ1) is 5.68. The van der Waals surface area contributed by atoms with Crippen molar-refractivity contribution in [3.63, 3.8) is 0 Å². The molecule has 0 unspecified atom stereocenters. The normalized spacial score (nSPS) is 46.1. The van der Waals surface area contributed by atoms with Crippen LogP contribution in [-0.2, 0) is 4.79 Å². The molecule has 3 saturated carbocycles. The molecule has 3 heteroatoms. The lowest BCUT2D eigenvalue weighted by molar-refractivity contribution is -0.150. The number of hydrogen-bond acceptors (Lipinski definition) is 2. The van der Waals surface area contributed by atoms with Crippen LogP contribution < -0.4 is 0 Å². The molecule has 2 bridgehead atoms. The summed E-state index contributed by atoms with van der Waals surface area (Å²) in [5, 5.41) is 18.4. The highest BCUT2D eigenvalue weighted by Gasteiger charge is 2.43. The van der Waals surface area contributed by atoms with Crippen LogP contribution >= 0.6 is 0 Å². The lowest BCUT2D eigenvalue weighted by Crippen LogP contribution is -2.43. The molecule has 12 heavy (non-hydrogen) atoms. The average molecular weight is 170 g/mol. The first-order valence-electron chi connectivity index (χ1n) is 4.59. The third-order valence-electron chi connectivity index (χ3n) is 3.44. The van der Waals surface area contributed by atoms with Gasteiger partial charge in [0.1, 0.15) is 0 Å². The monoisotopic (exact) mass is 170 g/mol. The molecule has 0 aromatic carbocycles. The Labute approximate surface area is 71.4 Å². The second-order valence-electron chi connectivity index (χ2n) is 4.08. The largest absolute Gasteiger partial charge is 0.481 e. The van der Waals surface area contributed by atoms with Crippen molar-refractivity contribution in [2.75, 3.05) is 0 Å². The van der Waals surface area contributed by atoms with Gasteiger partial charge in [0.25, 0.3) is 0 Å². The van der Waals surface area contributed by atoms with Gasteiger partial charge in [-0.3, -0.25) is 4.79 Å². The number of carbonyl (C=O) groups is 1. The smallest absolute Gasteiger partial charge is 0.306 e. The number of carboxylic acid groups (broad SMARTS) is 1. The van der Waals surface area contributed by atoms with Crippen molar-refractivity contribution >= 4 is 5.97 Å². The summed E-state index contributed by atoms with van der Waals surface area (Å²) in [4.78, 5) is 10.8. The van der Waals surface area contributed by atoms with Gasteiger partial charge in [0.2, 0.25) is 0 Å². The molecular formula is C9H14O3. The van der Waals surface area contributed by atoms with Gasteiger partial charge in [-0.15, -0.1) is 0 Å². The molecule has 3 aliphatic rings. The molecule has 0 amide bonds. The predicted molar refractivity (Wildman–Crippen MR) is 42.6 cm³/mol. The molecule has 4 atom stereocenters. The second kappa shape index (κ2) is 2.73. The van der Waals surface area contributed by atoms with Gasteiger partial charge in [-0.25, -0.2) is 0 Å². The van der Waals surface area contributed by atoms with E-state index in [4.69, 9.17) is 5.11 Å². The fraction of sp³-hybridized carbons (Fsp3) is 0.889.